The molecule has 21 heavy (non-hydrogen) atoms. The summed E-state index contributed by atoms with van der Waals surface area (Å²) in [5.74, 6) is 0.0772. The second kappa shape index (κ2) is 15.8. The summed E-state index contributed by atoms with van der Waals surface area (Å²) in [7, 11) is -3.39. The quantitative estimate of drug-likeness (QED) is 0.301. The van der Waals surface area contributed by atoms with Crippen LogP contribution in [0.25, 0.3) is 0 Å². The summed E-state index contributed by atoms with van der Waals surface area (Å²) in [5.41, 5.74) is 2.72. The maximum absolute atomic E-state index is 11.4. The molecule has 0 saturated carbocycles. The van der Waals surface area contributed by atoms with E-state index in [1.807, 2.05) is 6.92 Å². The Hall–Kier alpha value is 0.870. The molecule has 0 aromatic heterocycles. The van der Waals surface area contributed by atoms with Crippen LogP contribution in [0, 0.1) is 0 Å². The first kappa shape index (κ1) is 24.1. The van der Waals surface area contributed by atoms with Gasteiger partial charge in [-0.05, 0) is 19.3 Å². The number of hydroxylamine groups is 1. The third kappa shape index (κ3) is 15.5. The van der Waals surface area contributed by atoms with Crippen molar-refractivity contribution in [3.05, 3.63) is 0 Å². The van der Waals surface area contributed by atoms with Crippen LogP contribution in [0.5, 0.6) is 0 Å². The van der Waals surface area contributed by atoms with E-state index in [9.17, 15) is 8.42 Å². The molecule has 0 heterocycles. The first-order valence-electron chi connectivity index (χ1n) is 8.22. The van der Waals surface area contributed by atoms with Gasteiger partial charge in [0, 0.05) is 6.04 Å². The predicted octanol–water partition coefficient (Wildman–Crippen LogP) is 3.52. The van der Waals surface area contributed by atoms with Gasteiger partial charge in [-0.15, -0.1) is 0 Å². The van der Waals surface area contributed by atoms with Gasteiger partial charge in [0.1, 0.15) is 0 Å². The molecule has 0 aliphatic heterocycles. The molecule has 0 saturated heterocycles. The van der Waals surface area contributed by atoms with Crippen molar-refractivity contribution in [3.63, 3.8) is 0 Å². The van der Waals surface area contributed by atoms with Crippen molar-refractivity contribution in [2.24, 2.45) is 0 Å². The van der Waals surface area contributed by atoms with Crippen LogP contribution in [-0.4, -0.2) is 49.8 Å². The molecule has 1 N–H and O–H groups in total. The molecule has 0 aromatic carbocycles. The first-order valence-corrected chi connectivity index (χ1v) is 9.80. The van der Waals surface area contributed by atoms with Gasteiger partial charge in [-0.2, -0.15) is 18.2 Å². The van der Waals surface area contributed by atoms with Gasteiger partial charge in [0.2, 0.25) is 0 Å². The van der Waals surface area contributed by atoms with E-state index in [1.54, 1.807) is 0 Å². The standard InChI is InChI=1S/C15H33NO3S.Na.H/c1-4-7-8-9-10-11-12-13-15(6-3)16-19-20(17,18)14-5-2;;/h15-16H,4-14H2,1-3H3;;. The minimum atomic E-state index is -3.39. The van der Waals surface area contributed by atoms with Crippen LogP contribution < -0.4 is 5.48 Å². The van der Waals surface area contributed by atoms with Crippen LogP contribution in [0.15, 0.2) is 0 Å². The monoisotopic (exact) mass is 331 g/mol. The SMILES string of the molecule is CCCCCCCCCC(CC)NOS(=O)(=O)CCC.[NaH]. The molecule has 0 fully saturated rings. The van der Waals surface area contributed by atoms with Crippen molar-refractivity contribution in [1.82, 2.24) is 5.48 Å². The molecule has 0 aliphatic rings. The van der Waals surface area contributed by atoms with E-state index in [1.165, 1.54) is 38.5 Å². The fraction of sp³-hybridized carbons (Fsp3) is 1.00. The first-order chi connectivity index (χ1) is 9.55. The summed E-state index contributed by atoms with van der Waals surface area (Å²) >= 11 is 0. The van der Waals surface area contributed by atoms with E-state index < -0.39 is 10.1 Å². The third-order valence-electron chi connectivity index (χ3n) is 3.44. The van der Waals surface area contributed by atoms with Gasteiger partial charge < -0.3 is 0 Å². The second-order valence-electron chi connectivity index (χ2n) is 5.48. The Morgan fingerprint density at radius 2 is 1.48 bits per heavy atom. The van der Waals surface area contributed by atoms with Gasteiger partial charge in [0.15, 0.2) is 0 Å². The Kier molecular flexibility index (Phi) is 18.1. The van der Waals surface area contributed by atoms with Crippen molar-refractivity contribution in [1.29, 1.82) is 0 Å². The number of hydrogen-bond acceptors (Lipinski definition) is 4. The fourth-order valence-electron chi connectivity index (χ4n) is 2.13. The molecule has 0 spiro atoms. The van der Waals surface area contributed by atoms with Crippen LogP contribution in [0.4, 0.5) is 0 Å². The Balaban J connectivity index is 0. The maximum atomic E-state index is 11.4. The molecular weight excluding hydrogens is 297 g/mol. The zero-order valence-electron chi connectivity index (χ0n) is 13.5. The Morgan fingerprint density at radius 3 is 2.00 bits per heavy atom. The number of rotatable bonds is 14. The molecular formula is C15H34NNaO3S. The number of hydrogen-bond donors (Lipinski definition) is 1. The van der Waals surface area contributed by atoms with E-state index >= 15 is 0 Å². The average Bonchev–Trinajstić information content (AvgIpc) is 2.41. The van der Waals surface area contributed by atoms with Gasteiger partial charge in [-0.3, -0.25) is 0 Å². The van der Waals surface area contributed by atoms with Crippen LogP contribution in [0.1, 0.15) is 85.0 Å². The number of nitrogens with one attached hydrogen (secondary N) is 1. The van der Waals surface area contributed by atoms with Crippen molar-refractivity contribution >= 4 is 39.7 Å². The van der Waals surface area contributed by atoms with Crippen LogP contribution in [-0.2, 0) is 14.4 Å². The van der Waals surface area contributed by atoms with Crippen molar-refractivity contribution in [3.8, 4) is 0 Å². The minimum absolute atomic E-state index is 0. The molecule has 0 rings (SSSR count). The summed E-state index contributed by atoms with van der Waals surface area (Å²) in [5, 5.41) is 0. The third-order valence-corrected chi connectivity index (χ3v) is 4.70. The average molecular weight is 331 g/mol. The second-order valence-corrected chi connectivity index (χ2v) is 7.17. The zero-order valence-corrected chi connectivity index (χ0v) is 14.3. The number of unbranched alkanes of at least 4 members (excludes halogenated alkanes) is 6. The van der Waals surface area contributed by atoms with E-state index in [2.05, 4.69) is 19.3 Å². The van der Waals surface area contributed by atoms with Gasteiger partial charge in [0.25, 0.3) is 10.1 Å². The van der Waals surface area contributed by atoms with Crippen LogP contribution in [0.3, 0.4) is 0 Å². The summed E-state index contributed by atoms with van der Waals surface area (Å²) in [6.45, 7) is 6.11. The van der Waals surface area contributed by atoms with Gasteiger partial charge >= 0.3 is 29.6 Å². The molecule has 0 aliphatic carbocycles. The molecule has 1 unspecified atom stereocenters. The van der Waals surface area contributed by atoms with E-state index in [0.717, 1.165) is 19.3 Å². The normalized spacial score (nSPS) is 12.9. The van der Waals surface area contributed by atoms with Gasteiger partial charge in [-0.1, -0.05) is 65.7 Å². The molecule has 0 bridgehead atoms. The van der Waals surface area contributed by atoms with Crippen LogP contribution >= 0.6 is 0 Å². The summed E-state index contributed by atoms with van der Waals surface area (Å²) in [6.07, 6.45) is 11.4. The molecule has 0 radical (unpaired) electrons. The molecule has 0 amide bonds. The molecule has 4 nitrogen and oxygen atoms in total. The summed E-state index contributed by atoms with van der Waals surface area (Å²) in [4.78, 5) is 0. The van der Waals surface area contributed by atoms with Crippen molar-refractivity contribution in [2.45, 2.75) is 91.0 Å². The van der Waals surface area contributed by atoms with Crippen LogP contribution in [0.2, 0.25) is 0 Å². The van der Waals surface area contributed by atoms with E-state index in [0.29, 0.717) is 6.42 Å². The molecule has 124 valence electrons. The zero-order chi connectivity index (χ0) is 15.3. The van der Waals surface area contributed by atoms with Crippen molar-refractivity contribution in [2.75, 3.05) is 5.75 Å². The van der Waals surface area contributed by atoms with Gasteiger partial charge in [-0.25, -0.2) is 0 Å². The van der Waals surface area contributed by atoms with Crippen molar-refractivity contribution < 1.29 is 12.7 Å². The molecule has 0 aromatic rings. The summed E-state index contributed by atoms with van der Waals surface area (Å²) in [6, 6.07) is 0.136. The molecule has 1 atom stereocenters. The fourth-order valence-corrected chi connectivity index (χ4v) is 2.99. The summed E-state index contributed by atoms with van der Waals surface area (Å²) < 4.78 is 27.7. The van der Waals surface area contributed by atoms with E-state index in [4.69, 9.17) is 4.28 Å². The Labute approximate surface area is 154 Å². The topological polar surface area (TPSA) is 55.4 Å². The Bertz CT molecular complexity index is 310. The predicted molar refractivity (Wildman–Crippen MR) is 92.1 cm³/mol. The Morgan fingerprint density at radius 1 is 0.905 bits per heavy atom. The van der Waals surface area contributed by atoms with E-state index in [-0.39, 0.29) is 41.4 Å². The van der Waals surface area contributed by atoms with Gasteiger partial charge in [0.05, 0.1) is 5.75 Å². The molecule has 6 heteroatoms.